The van der Waals surface area contributed by atoms with Crippen LogP contribution in [0, 0.1) is 0 Å². The number of likely N-dealkylation sites (tertiary alicyclic amines) is 1. The molecule has 1 aliphatic heterocycles. The average molecular weight is 328 g/mol. The van der Waals surface area contributed by atoms with Gasteiger partial charge in [0.1, 0.15) is 6.10 Å². The zero-order valence-corrected chi connectivity index (χ0v) is 13.1. The van der Waals surface area contributed by atoms with E-state index < -0.39 is 0 Å². The molecule has 1 unspecified atom stereocenters. The van der Waals surface area contributed by atoms with Crippen molar-refractivity contribution in [1.82, 2.24) is 14.9 Å². The van der Waals surface area contributed by atoms with Crippen LogP contribution in [0.2, 0.25) is 5.02 Å². The number of halogens is 1. The Labute approximate surface area is 133 Å². The summed E-state index contributed by atoms with van der Waals surface area (Å²) in [7, 11) is 0. The van der Waals surface area contributed by atoms with Gasteiger partial charge in [-0.05, 0) is 6.92 Å². The predicted molar refractivity (Wildman–Crippen MR) is 78.5 cm³/mol. The van der Waals surface area contributed by atoms with Crippen LogP contribution in [0.3, 0.4) is 0 Å². The normalized spacial score (nSPS) is 17.4. The van der Waals surface area contributed by atoms with Gasteiger partial charge >= 0.3 is 12.0 Å². The third kappa shape index (κ3) is 4.84. The molecule has 0 N–H and O–H groups in total. The van der Waals surface area contributed by atoms with Crippen molar-refractivity contribution in [2.45, 2.75) is 32.3 Å². The van der Waals surface area contributed by atoms with Crippen LogP contribution in [-0.4, -0.2) is 52.5 Å². The summed E-state index contributed by atoms with van der Waals surface area (Å²) in [5.74, 6) is -0.423. The average Bonchev–Trinajstić information content (AvgIpc) is 2.96. The van der Waals surface area contributed by atoms with Crippen LogP contribution < -0.4 is 4.74 Å². The zero-order chi connectivity index (χ0) is 15.9. The fourth-order valence-electron chi connectivity index (χ4n) is 2.16. The van der Waals surface area contributed by atoms with E-state index in [-0.39, 0.29) is 36.8 Å². The third-order valence-electron chi connectivity index (χ3n) is 3.21. The molecule has 0 saturated carbocycles. The van der Waals surface area contributed by atoms with Crippen LogP contribution in [0.15, 0.2) is 12.4 Å². The third-order valence-corrected chi connectivity index (χ3v) is 3.41. The molecule has 0 aliphatic carbocycles. The molecule has 2 heterocycles. The Hall–Kier alpha value is -1.89. The Balaban J connectivity index is 1.76. The van der Waals surface area contributed by atoms with Gasteiger partial charge < -0.3 is 14.4 Å². The van der Waals surface area contributed by atoms with Crippen LogP contribution in [0.4, 0.5) is 0 Å². The second kappa shape index (κ2) is 7.93. The lowest BCUT2D eigenvalue weighted by molar-refractivity contribution is -0.145. The quantitative estimate of drug-likeness (QED) is 0.736. The summed E-state index contributed by atoms with van der Waals surface area (Å²) in [6.45, 7) is 3.13. The molecule has 2 rings (SSSR count). The maximum atomic E-state index is 12.0. The van der Waals surface area contributed by atoms with Crippen molar-refractivity contribution >= 4 is 23.5 Å². The Kier molecular flexibility index (Phi) is 5.94. The van der Waals surface area contributed by atoms with Crippen molar-refractivity contribution in [3.05, 3.63) is 17.4 Å². The molecule has 0 aromatic carbocycles. The lowest BCUT2D eigenvalue weighted by Crippen LogP contribution is -2.31. The van der Waals surface area contributed by atoms with E-state index in [1.807, 2.05) is 0 Å². The number of esters is 1. The largest absolute Gasteiger partial charge is 0.466 e. The fraction of sp³-hybridized carbons (Fsp3) is 0.571. The minimum atomic E-state index is -0.350. The van der Waals surface area contributed by atoms with Crippen molar-refractivity contribution in [3.8, 4) is 6.01 Å². The lowest BCUT2D eigenvalue weighted by Gasteiger charge is -2.16. The van der Waals surface area contributed by atoms with Crippen molar-refractivity contribution in [2.24, 2.45) is 0 Å². The molecule has 0 bridgehead atoms. The van der Waals surface area contributed by atoms with E-state index in [0.29, 0.717) is 31.1 Å². The molecule has 8 heteroatoms. The summed E-state index contributed by atoms with van der Waals surface area (Å²) in [4.78, 5) is 32.9. The Morgan fingerprint density at radius 3 is 2.77 bits per heavy atom. The molecule has 0 radical (unpaired) electrons. The number of amides is 1. The second-order valence-corrected chi connectivity index (χ2v) is 5.29. The highest BCUT2D eigenvalue weighted by atomic mass is 35.5. The zero-order valence-electron chi connectivity index (χ0n) is 12.3. The first-order valence-electron chi connectivity index (χ1n) is 7.16. The van der Waals surface area contributed by atoms with E-state index in [1.165, 1.54) is 12.4 Å². The molecular weight excluding hydrogens is 310 g/mol. The molecule has 120 valence electrons. The maximum absolute atomic E-state index is 12.0. The lowest BCUT2D eigenvalue weighted by atomic mass is 10.3. The summed E-state index contributed by atoms with van der Waals surface area (Å²) in [5, 5.41) is 0.439. The van der Waals surface area contributed by atoms with Gasteiger partial charge in [0, 0.05) is 19.4 Å². The van der Waals surface area contributed by atoms with E-state index in [4.69, 9.17) is 21.1 Å². The first-order chi connectivity index (χ1) is 10.6. The van der Waals surface area contributed by atoms with Crippen LogP contribution in [0.1, 0.15) is 26.2 Å². The number of carbonyl (C=O) groups is 2. The molecule has 1 amide bonds. The van der Waals surface area contributed by atoms with Crippen molar-refractivity contribution < 1.29 is 19.1 Å². The van der Waals surface area contributed by atoms with Crippen molar-refractivity contribution in [2.75, 3.05) is 19.7 Å². The number of ether oxygens (including phenoxy) is 2. The predicted octanol–water partition coefficient (Wildman–Crippen LogP) is 1.45. The minimum Gasteiger partial charge on any atom is -0.466 e. The van der Waals surface area contributed by atoms with E-state index in [9.17, 15) is 9.59 Å². The number of carbonyl (C=O) groups excluding carboxylic acids is 2. The van der Waals surface area contributed by atoms with Gasteiger partial charge in [-0.2, -0.15) is 0 Å². The molecule has 1 aliphatic rings. The van der Waals surface area contributed by atoms with Gasteiger partial charge in [-0.15, -0.1) is 0 Å². The summed E-state index contributed by atoms with van der Waals surface area (Å²) >= 11 is 5.70. The molecule has 7 nitrogen and oxygen atoms in total. The molecule has 22 heavy (non-hydrogen) atoms. The van der Waals surface area contributed by atoms with E-state index in [0.717, 1.165) is 0 Å². The van der Waals surface area contributed by atoms with Gasteiger partial charge in [0.2, 0.25) is 5.91 Å². The smallest absolute Gasteiger partial charge is 0.316 e. The minimum absolute atomic E-state index is 0.0730. The highest BCUT2D eigenvalue weighted by molar-refractivity contribution is 6.30. The standard InChI is InChI=1S/C14H18ClN3O4/c1-2-21-13(20)4-3-12(19)18-6-5-11(9-18)22-14-16-7-10(15)8-17-14/h7-8,11H,2-6,9H2,1H3. The number of nitrogens with zero attached hydrogens (tertiary/aromatic N) is 3. The summed E-state index contributed by atoms with van der Waals surface area (Å²) in [6.07, 6.45) is 3.74. The number of hydrogen-bond donors (Lipinski definition) is 0. The molecule has 1 atom stereocenters. The second-order valence-electron chi connectivity index (χ2n) is 4.86. The van der Waals surface area contributed by atoms with Gasteiger partial charge in [0.25, 0.3) is 0 Å². The van der Waals surface area contributed by atoms with E-state index in [2.05, 4.69) is 9.97 Å². The van der Waals surface area contributed by atoms with Gasteiger partial charge in [0.15, 0.2) is 0 Å². The highest BCUT2D eigenvalue weighted by Crippen LogP contribution is 2.17. The van der Waals surface area contributed by atoms with Crippen LogP contribution in [0.5, 0.6) is 6.01 Å². The van der Waals surface area contributed by atoms with Gasteiger partial charge in [-0.25, -0.2) is 9.97 Å². The van der Waals surface area contributed by atoms with Gasteiger partial charge in [-0.1, -0.05) is 11.6 Å². The molecular formula is C14H18ClN3O4. The molecule has 1 fully saturated rings. The molecule has 1 saturated heterocycles. The van der Waals surface area contributed by atoms with Crippen molar-refractivity contribution in [3.63, 3.8) is 0 Å². The van der Waals surface area contributed by atoms with Crippen molar-refractivity contribution in [1.29, 1.82) is 0 Å². The Bertz CT molecular complexity index is 523. The number of aromatic nitrogens is 2. The first kappa shape index (κ1) is 16.5. The number of rotatable bonds is 6. The summed E-state index contributed by atoms with van der Waals surface area (Å²) in [6, 6.07) is 0.246. The fourth-order valence-corrected chi connectivity index (χ4v) is 2.26. The van der Waals surface area contributed by atoms with E-state index >= 15 is 0 Å². The SMILES string of the molecule is CCOC(=O)CCC(=O)N1CCC(Oc2ncc(Cl)cn2)C1. The molecule has 1 aromatic heterocycles. The van der Waals surface area contributed by atoms with Crippen LogP contribution in [-0.2, 0) is 14.3 Å². The van der Waals surface area contributed by atoms with Crippen LogP contribution >= 0.6 is 11.6 Å². The monoisotopic (exact) mass is 327 g/mol. The molecule has 1 aromatic rings. The Morgan fingerprint density at radius 2 is 2.09 bits per heavy atom. The summed E-state index contributed by atoms with van der Waals surface area (Å²) in [5.41, 5.74) is 0. The number of hydrogen-bond acceptors (Lipinski definition) is 6. The topological polar surface area (TPSA) is 81.6 Å². The van der Waals surface area contributed by atoms with Crippen LogP contribution in [0.25, 0.3) is 0 Å². The van der Waals surface area contributed by atoms with E-state index in [1.54, 1.807) is 11.8 Å². The summed E-state index contributed by atoms with van der Waals surface area (Å²) < 4.78 is 10.4. The highest BCUT2D eigenvalue weighted by Gasteiger charge is 2.28. The Morgan fingerprint density at radius 1 is 1.36 bits per heavy atom. The molecule has 0 spiro atoms. The van der Waals surface area contributed by atoms with Gasteiger partial charge in [0.05, 0.1) is 37.0 Å². The first-order valence-corrected chi connectivity index (χ1v) is 7.54. The van der Waals surface area contributed by atoms with Gasteiger partial charge in [-0.3, -0.25) is 9.59 Å². The maximum Gasteiger partial charge on any atom is 0.316 e.